The predicted octanol–water partition coefficient (Wildman–Crippen LogP) is 3.18. The molecule has 34 heavy (non-hydrogen) atoms. The van der Waals surface area contributed by atoms with Gasteiger partial charge in [-0.3, -0.25) is 29.8 Å². The molecule has 0 aliphatic carbocycles. The summed E-state index contributed by atoms with van der Waals surface area (Å²) in [5, 5.41) is 1.49. The van der Waals surface area contributed by atoms with Crippen LogP contribution in [0.2, 0.25) is 0 Å². The van der Waals surface area contributed by atoms with Gasteiger partial charge in [-0.1, -0.05) is 30.3 Å². The average Bonchev–Trinajstić information content (AvgIpc) is 3.25. The van der Waals surface area contributed by atoms with Gasteiger partial charge in [0.25, 0.3) is 11.5 Å². The third-order valence-electron chi connectivity index (χ3n) is 5.67. The number of carbonyl (C=O) groups excluding carboxylic acids is 2. The molecule has 0 saturated carbocycles. The van der Waals surface area contributed by atoms with Gasteiger partial charge < -0.3 is 4.98 Å². The zero-order chi connectivity index (χ0) is 23.7. The summed E-state index contributed by atoms with van der Waals surface area (Å²) in [6.45, 7) is 1.76. The maximum Gasteiger partial charge on any atom is 0.269 e. The number of amides is 2. The van der Waals surface area contributed by atoms with E-state index in [0.717, 1.165) is 16.5 Å². The third kappa shape index (κ3) is 3.93. The zero-order valence-corrected chi connectivity index (χ0v) is 18.3. The summed E-state index contributed by atoms with van der Waals surface area (Å²) in [5.74, 6) is -0.246. The minimum absolute atomic E-state index is 0.125. The van der Waals surface area contributed by atoms with Crippen LogP contribution in [-0.2, 0) is 11.2 Å². The highest BCUT2D eigenvalue weighted by Crippen LogP contribution is 2.18. The quantitative estimate of drug-likeness (QED) is 0.365. The lowest BCUT2D eigenvalue weighted by atomic mass is 10.1. The molecule has 0 fully saturated rings. The average molecular weight is 451 g/mol. The zero-order valence-electron chi connectivity index (χ0n) is 18.3. The highest BCUT2D eigenvalue weighted by atomic mass is 16.2. The van der Waals surface area contributed by atoms with Crippen molar-refractivity contribution in [2.24, 2.45) is 0 Å². The Morgan fingerprint density at radius 1 is 0.912 bits per heavy atom. The number of carbonyl (C=O) groups is 2. The van der Waals surface area contributed by atoms with E-state index in [1.807, 2.05) is 30.3 Å². The van der Waals surface area contributed by atoms with Crippen LogP contribution in [0.15, 0.2) is 83.8 Å². The minimum Gasteiger partial charge on any atom is -0.361 e. The molecule has 2 aromatic heterocycles. The number of hydrogen-bond donors (Lipinski definition) is 3. The van der Waals surface area contributed by atoms with E-state index in [1.165, 1.54) is 4.57 Å². The highest BCUT2D eigenvalue weighted by molar-refractivity contribution is 5.96. The number of aromatic amines is 1. The summed E-state index contributed by atoms with van der Waals surface area (Å²) in [5.41, 5.74) is 8.08. The molecule has 0 aliphatic heterocycles. The fourth-order valence-corrected chi connectivity index (χ4v) is 4.00. The molecule has 5 rings (SSSR count). The standard InChI is InChI=1S/C26H21N5O3/c1-16-28-23-9-5-3-7-21(23)26(34)31(16)19-12-10-17(11-13-19)25(33)30-29-24(32)14-18-15-27-22-8-4-2-6-20(18)22/h2-13,15,27H,14H2,1H3,(H,29,32)(H,30,33). The first-order valence-electron chi connectivity index (χ1n) is 10.7. The molecule has 2 amide bonds. The Morgan fingerprint density at radius 2 is 1.62 bits per heavy atom. The minimum atomic E-state index is -0.459. The number of para-hydroxylation sites is 2. The fourth-order valence-electron chi connectivity index (χ4n) is 4.00. The van der Waals surface area contributed by atoms with Crippen LogP contribution in [0.1, 0.15) is 21.7 Å². The van der Waals surface area contributed by atoms with E-state index in [2.05, 4.69) is 20.8 Å². The maximum absolute atomic E-state index is 13.0. The van der Waals surface area contributed by atoms with E-state index in [0.29, 0.717) is 28.0 Å². The lowest BCUT2D eigenvalue weighted by Crippen LogP contribution is -2.42. The van der Waals surface area contributed by atoms with Gasteiger partial charge >= 0.3 is 0 Å². The van der Waals surface area contributed by atoms with Crippen molar-refractivity contribution in [3.63, 3.8) is 0 Å². The molecule has 2 heterocycles. The number of H-pyrrole nitrogens is 1. The number of hydrazine groups is 1. The smallest absolute Gasteiger partial charge is 0.269 e. The van der Waals surface area contributed by atoms with Crippen LogP contribution < -0.4 is 16.4 Å². The van der Waals surface area contributed by atoms with Gasteiger partial charge in [-0.2, -0.15) is 0 Å². The first-order valence-corrected chi connectivity index (χ1v) is 10.7. The molecule has 0 spiro atoms. The molecule has 0 radical (unpaired) electrons. The van der Waals surface area contributed by atoms with Gasteiger partial charge in [-0.25, -0.2) is 4.98 Å². The Hall–Kier alpha value is -4.72. The number of hydrogen-bond acceptors (Lipinski definition) is 4. The molecule has 3 N–H and O–H groups in total. The lowest BCUT2D eigenvalue weighted by molar-refractivity contribution is -0.121. The Bertz CT molecular complexity index is 1600. The molecular weight excluding hydrogens is 430 g/mol. The Balaban J connectivity index is 1.27. The van der Waals surface area contributed by atoms with Crippen LogP contribution in [0.5, 0.6) is 0 Å². The Labute approximate surface area is 194 Å². The first-order chi connectivity index (χ1) is 16.5. The van der Waals surface area contributed by atoms with E-state index in [4.69, 9.17) is 0 Å². The van der Waals surface area contributed by atoms with Gasteiger partial charge in [0.15, 0.2) is 0 Å². The number of nitrogens with zero attached hydrogens (tertiary/aromatic N) is 2. The van der Waals surface area contributed by atoms with E-state index >= 15 is 0 Å². The topological polar surface area (TPSA) is 109 Å². The van der Waals surface area contributed by atoms with Crippen LogP contribution in [0.3, 0.4) is 0 Å². The molecule has 0 atom stereocenters. The first kappa shape index (κ1) is 21.1. The molecule has 8 nitrogen and oxygen atoms in total. The molecule has 5 aromatic rings. The second-order valence-electron chi connectivity index (χ2n) is 7.90. The van der Waals surface area contributed by atoms with Crippen molar-refractivity contribution in [3.8, 4) is 5.69 Å². The van der Waals surface area contributed by atoms with Crippen LogP contribution in [0.4, 0.5) is 0 Å². The van der Waals surface area contributed by atoms with E-state index in [1.54, 1.807) is 55.6 Å². The monoisotopic (exact) mass is 451 g/mol. The molecule has 168 valence electrons. The Kier molecular flexibility index (Phi) is 5.39. The van der Waals surface area contributed by atoms with Crippen molar-refractivity contribution in [1.82, 2.24) is 25.4 Å². The molecule has 0 saturated heterocycles. The molecule has 0 aliphatic rings. The van der Waals surface area contributed by atoms with E-state index in [-0.39, 0.29) is 17.9 Å². The molecule has 3 aromatic carbocycles. The number of nitrogens with one attached hydrogen (secondary N) is 3. The van der Waals surface area contributed by atoms with Gasteiger partial charge in [0, 0.05) is 22.7 Å². The van der Waals surface area contributed by atoms with Crippen molar-refractivity contribution in [1.29, 1.82) is 0 Å². The van der Waals surface area contributed by atoms with Crippen LogP contribution in [0.25, 0.3) is 27.5 Å². The van der Waals surface area contributed by atoms with Crippen LogP contribution in [-0.4, -0.2) is 26.3 Å². The third-order valence-corrected chi connectivity index (χ3v) is 5.67. The SMILES string of the molecule is Cc1nc2ccccc2c(=O)n1-c1ccc(C(=O)NNC(=O)Cc2c[nH]c3ccccc23)cc1. The molecule has 0 bridgehead atoms. The second kappa shape index (κ2) is 8.67. The number of benzene rings is 3. The summed E-state index contributed by atoms with van der Waals surface area (Å²) in [6, 6.07) is 21.4. The molecule has 8 heteroatoms. The normalized spacial score (nSPS) is 11.0. The number of aromatic nitrogens is 3. The number of fused-ring (bicyclic) bond motifs is 2. The van der Waals surface area contributed by atoms with E-state index in [9.17, 15) is 14.4 Å². The van der Waals surface area contributed by atoms with Gasteiger partial charge in [0.05, 0.1) is 23.0 Å². The summed E-state index contributed by atoms with van der Waals surface area (Å²) >= 11 is 0. The van der Waals surface area contributed by atoms with Crippen molar-refractivity contribution >= 4 is 33.6 Å². The second-order valence-corrected chi connectivity index (χ2v) is 7.90. The van der Waals surface area contributed by atoms with Crippen molar-refractivity contribution < 1.29 is 9.59 Å². The highest BCUT2D eigenvalue weighted by Gasteiger charge is 2.13. The maximum atomic E-state index is 13.0. The van der Waals surface area contributed by atoms with E-state index < -0.39 is 5.91 Å². The lowest BCUT2D eigenvalue weighted by Gasteiger charge is -2.12. The Morgan fingerprint density at radius 3 is 2.41 bits per heavy atom. The van der Waals surface area contributed by atoms with Gasteiger partial charge in [0.1, 0.15) is 5.82 Å². The molecular formula is C26H21N5O3. The summed E-state index contributed by atoms with van der Waals surface area (Å²) in [7, 11) is 0. The van der Waals surface area contributed by atoms with Crippen molar-refractivity contribution in [2.45, 2.75) is 13.3 Å². The number of rotatable bonds is 4. The number of aryl methyl sites for hydroxylation is 1. The van der Waals surface area contributed by atoms with Gasteiger partial charge in [-0.15, -0.1) is 0 Å². The predicted molar refractivity (Wildman–Crippen MR) is 130 cm³/mol. The van der Waals surface area contributed by atoms with Crippen molar-refractivity contribution in [2.75, 3.05) is 0 Å². The van der Waals surface area contributed by atoms with Gasteiger partial charge in [-0.05, 0) is 55.0 Å². The summed E-state index contributed by atoms with van der Waals surface area (Å²) in [4.78, 5) is 45.4. The summed E-state index contributed by atoms with van der Waals surface area (Å²) < 4.78 is 1.51. The van der Waals surface area contributed by atoms with Crippen LogP contribution in [0, 0.1) is 6.92 Å². The molecule has 0 unspecified atom stereocenters. The summed E-state index contributed by atoms with van der Waals surface area (Å²) in [6.07, 6.45) is 1.91. The van der Waals surface area contributed by atoms with Crippen LogP contribution >= 0.6 is 0 Å². The largest absolute Gasteiger partial charge is 0.361 e. The van der Waals surface area contributed by atoms with Gasteiger partial charge in [0.2, 0.25) is 5.91 Å². The fraction of sp³-hybridized carbons (Fsp3) is 0.0769. The van der Waals surface area contributed by atoms with Crippen molar-refractivity contribution in [3.05, 3.63) is 106 Å².